The van der Waals surface area contributed by atoms with Gasteiger partial charge >= 0.3 is 41.8 Å². The largest absolute Gasteiger partial charge is 0.463 e. The number of nitrogens with zero attached hydrogens (tertiary/aromatic N) is 1. The highest BCUT2D eigenvalue weighted by Crippen LogP contribution is 2.35. The van der Waals surface area contributed by atoms with Crippen LogP contribution in [0.25, 0.3) is 0 Å². The molecule has 53 heavy (non-hydrogen) atoms. The van der Waals surface area contributed by atoms with Gasteiger partial charge in [0.05, 0.1) is 12.7 Å². The van der Waals surface area contributed by atoms with Crippen molar-refractivity contribution in [1.82, 2.24) is 0 Å². The molecule has 0 unspecified atom stereocenters. The summed E-state index contributed by atoms with van der Waals surface area (Å²) in [4.78, 5) is 85.3. The summed E-state index contributed by atoms with van der Waals surface area (Å²) in [7, 11) is 0. The summed E-state index contributed by atoms with van der Waals surface area (Å²) in [5, 5.41) is 9.99. The second-order valence-corrected chi connectivity index (χ2v) is 11.7. The molecule has 1 aromatic rings. The second kappa shape index (κ2) is 19.6. The van der Waals surface area contributed by atoms with Crippen molar-refractivity contribution in [2.45, 2.75) is 116 Å². The van der Waals surface area contributed by atoms with E-state index in [-0.39, 0.29) is 0 Å². The Morgan fingerprint density at radius 3 is 1.40 bits per heavy atom. The van der Waals surface area contributed by atoms with Crippen LogP contribution in [-0.4, -0.2) is 116 Å². The minimum atomic E-state index is -1.69. The summed E-state index contributed by atoms with van der Waals surface area (Å²) >= 11 is 0. The first kappa shape index (κ1) is 42.3. The summed E-state index contributed by atoms with van der Waals surface area (Å²) in [6.45, 7) is 6.18. The summed E-state index contributed by atoms with van der Waals surface area (Å²) in [5.74, 6) is -6.00. The number of hydrogen-bond acceptors (Lipinski definition) is 19. The molecule has 0 aromatic heterocycles. The Bertz CT molecular complexity index is 1530. The molecule has 0 spiro atoms. The van der Waals surface area contributed by atoms with Crippen molar-refractivity contribution in [2.24, 2.45) is 0 Å². The lowest BCUT2D eigenvalue weighted by Crippen LogP contribution is -2.65. The smallest absolute Gasteiger partial charge is 0.303 e. The van der Waals surface area contributed by atoms with Crippen molar-refractivity contribution in [2.75, 3.05) is 13.2 Å². The number of carbonyl (C=O) groups is 7. The topological polar surface area (TPSA) is 245 Å². The highest BCUT2D eigenvalue weighted by Gasteiger charge is 2.56. The van der Waals surface area contributed by atoms with E-state index in [1.807, 2.05) is 6.07 Å². The van der Waals surface area contributed by atoms with Crippen LogP contribution in [0.1, 0.15) is 60.1 Å². The zero-order chi connectivity index (χ0) is 39.4. The Morgan fingerprint density at radius 2 is 0.962 bits per heavy atom. The molecule has 0 N–H and O–H groups in total. The normalized spacial score (nSPS) is 28.5. The second-order valence-electron chi connectivity index (χ2n) is 11.7. The third-order valence-corrected chi connectivity index (χ3v) is 7.36. The maximum Gasteiger partial charge on any atom is 0.303 e. The van der Waals surface area contributed by atoms with E-state index in [1.165, 1.54) is 0 Å². The summed E-state index contributed by atoms with van der Waals surface area (Å²) in [6, 6.07) is 10.2. The molecule has 0 aliphatic carbocycles. The molecular formula is C34H41NO18. The van der Waals surface area contributed by atoms with E-state index in [2.05, 4.69) is 0 Å². The molecule has 0 amide bonds. The van der Waals surface area contributed by atoms with Gasteiger partial charge in [-0.05, 0) is 5.56 Å². The van der Waals surface area contributed by atoms with E-state index in [0.717, 1.165) is 48.5 Å². The van der Waals surface area contributed by atoms with Crippen LogP contribution in [0, 0.1) is 11.3 Å². The van der Waals surface area contributed by atoms with Crippen molar-refractivity contribution in [1.29, 1.82) is 5.26 Å². The SMILES string of the molecule is CC(=O)OC[C@@H]1O[C@@H](OC[C@H]2O[C@@H](O[C@@H](C#N)c3ccccc3)[C@H](OC(C)=O)[C@@H](OC(C)=O)[C@@H]2OC(C)=O)[C@@H](OC(C)=O)[C@H](OC(C)=O)[C@H]1OC(C)=O. The molecule has 2 fully saturated rings. The van der Waals surface area contributed by atoms with Crippen LogP contribution in [0.3, 0.4) is 0 Å². The molecular weight excluding hydrogens is 710 g/mol. The van der Waals surface area contributed by atoms with Crippen LogP contribution >= 0.6 is 0 Å². The van der Waals surface area contributed by atoms with Crippen molar-refractivity contribution < 1.29 is 85.7 Å². The van der Waals surface area contributed by atoms with Crippen molar-refractivity contribution in [3.63, 3.8) is 0 Å². The Hall–Kier alpha value is -5.16. The van der Waals surface area contributed by atoms with Gasteiger partial charge in [0.1, 0.15) is 18.8 Å². The Kier molecular flexibility index (Phi) is 15.6. The minimum Gasteiger partial charge on any atom is -0.463 e. The number of ether oxygens (including phenoxy) is 11. The van der Waals surface area contributed by atoms with Gasteiger partial charge in [-0.25, -0.2) is 0 Å². The quantitative estimate of drug-likeness (QED) is 0.189. The predicted molar refractivity (Wildman–Crippen MR) is 169 cm³/mol. The Labute approximate surface area is 303 Å². The predicted octanol–water partition coefficient (Wildman–Crippen LogP) is 0.888. The molecule has 2 saturated heterocycles. The number of esters is 7. The van der Waals surface area contributed by atoms with Crippen molar-refractivity contribution in [3.8, 4) is 6.07 Å². The van der Waals surface area contributed by atoms with E-state index in [4.69, 9.17) is 52.1 Å². The van der Waals surface area contributed by atoms with Gasteiger partial charge in [-0.15, -0.1) is 0 Å². The zero-order valence-corrected chi connectivity index (χ0v) is 29.9. The lowest BCUT2D eigenvalue weighted by molar-refractivity contribution is -0.337. The van der Waals surface area contributed by atoms with E-state index in [0.29, 0.717) is 5.56 Å². The van der Waals surface area contributed by atoms with Crippen LogP contribution in [-0.2, 0) is 85.7 Å². The molecule has 0 radical (unpaired) electrons. The van der Waals surface area contributed by atoms with Gasteiger partial charge in [0, 0.05) is 48.5 Å². The minimum absolute atomic E-state index is 0.386. The number of nitriles is 1. The molecule has 19 heteroatoms. The summed E-state index contributed by atoms with van der Waals surface area (Å²) in [6.07, 6.45) is -16.9. The lowest BCUT2D eigenvalue weighted by Gasteiger charge is -2.46. The summed E-state index contributed by atoms with van der Waals surface area (Å²) in [5.41, 5.74) is 0.386. The third-order valence-electron chi connectivity index (χ3n) is 7.36. The molecule has 0 saturated carbocycles. The van der Waals surface area contributed by atoms with E-state index in [1.54, 1.807) is 30.3 Å². The first-order valence-electron chi connectivity index (χ1n) is 16.2. The molecule has 0 bridgehead atoms. The molecule has 2 heterocycles. The fourth-order valence-electron chi connectivity index (χ4n) is 5.56. The van der Waals surface area contributed by atoms with Gasteiger partial charge in [-0.3, -0.25) is 33.6 Å². The van der Waals surface area contributed by atoms with Gasteiger partial charge < -0.3 is 52.1 Å². The van der Waals surface area contributed by atoms with Crippen molar-refractivity contribution >= 4 is 41.8 Å². The van der Waals surface area contributed by atoms with Crippen molar-refractivity contribution in [3.05, 3.63) is 35.9 Å². The molecule has 3 rings (SSSR count). The molecule has 2 aliphatic heterocycles. The highest BCUT2D eigenvalue weighted by molar-refractivity contribution is 5.69. The average Bonchev–Trinajstić information content (AvgIpc) is 3.05. The third kappa shape index (κ3) is 12.5. The van der Waals surface area contributed by atoms with E-state index < -0.39 is 123 Å². The van der Waals surface area contributed by atoms with Crippen LogP contribution in [0.5, 0.6) is 0 Å². The van der Waals surface area contributed by atoms with E-state index >= 15 is 0 Å². The van der Waals surface area contributed by atoms with Gasteiger partial charge in [-0.1, -0.05) is 30.3 Å². The number of benzene rings is 1. The maximum absolute atomic E-state index is 12.4. The Morgan fingerprint density at radius 1 is 0.566 bits per heavy atom. The molecule has 1 aromatic carbocycles. The molecule has 2 aliphatic rings. The highest BCUT2D eigenvalue weighted by atomic mass is 16.8. The van der Waals surface area contributed by atoms with Gasteiger partial charge in [0.2, 0.25) is 6.29 Å². The van der Waals surface area contributed by atoms with Crippen LogP contribution < -0.4 is 0 Å². The standard InChI is InChI=1S/C34H41NO18/c1-16(36)43-14-25-27(45-17(2)37)29(47-19(4)39)31(49-21(6)41)33(52-25)44-15-26-28(46-18(3)38)30(48-20(5)40)32(50-22(7)42)34(53-26)51-24(13-35)23-11-9-8-10-12-23/h8-12,24-34H,14-15H2,1-7H3/t24-,25-,26+,27-,28+,29+,30-,31-,32+,33+,34+/m0/s1. The Balaban J connectivity index is 2.08. The first-order chi connectivity index (χ1) is 25.0. The van der Waals surface area contributed by atoms with E-state index in [9.17, 15) is 38.8 Å². The monoisotopic (exact) mass is 751 g/mol. The fourth-order valence-corrected chi connectivity index (χ4v) is 5.56. The molecule has 19 nitrogen and oxygen atoms in total. The first-order valence-corrected chi connectivity index (χ1v) is 16.2. The summed E-state index contributed by atoms with van der Waals surface area (Å²) < 4.78 is 61.9. The van der Waals surface area contributed by atoms with Crippen LogP contribution in [0.2, 0.25) is 0 Å². The molecule has 290 valence electrons. The lowest BCUT2D eigenvalue weighted by atomic mass is 9.97. The van der Waals surface area contributed by atoms with Gasteiger partial charge in [-0.2, -0.15) is 5.26 Å². The number of carbonyl (C=O) groups excluding carboxylic acids is 7. The zero-order valence-electron chi connectivity index (χ0n) is 29.9. The maximum atomic E-state index is 12.4. The fraction of sp³-hybridized carbons (Fsp3) is 0.588. The van der Waals surface area contributed by atoms with Gasteiger partial charge in [0.15, 0.2) is 49.0 Å². The van der Waals surface area contributed by atoms with Gasteiger partial charge in [0.25, 0.3) is 0 Å². The van der Waals surface area contributed by atoms with Crippen LogP contribution in [0.15, 0.2) is 30.3 Å². The van der Waals surface area contributed by atoms with Crippen LogP contribution in [0.4, 0.5) is 0 Å². The average molecular weight is 752 g/mol. The number of hydrogen-bond donors (Lipinski definition) is 0. The molecule has 11 atom stereocenters. The number of rotatable bonds is 14.